The number of benzene rings is 1. The third-order valence-corrected chi connectivity index (χ3v) is 3.63. The summed E-state index contributed by atoms with van der Waals surface area (Å²) in [6.07, 6.45) is 3.89. The predicted octanol–water partition coefficient (Wildman–Crippen LogP) is 2.56. The molecule has 1 aromatic rings. The van der Waals surface area contributed by atoms with E-state index < -0.39 is 0 Å². The quantitative estimate of drug-likeness (QED) is 0.914. The van der Waals surface area contributed by atoms with E-state index in [1.807, 2.05) is 12.1 Å². The summed E-state index contributed by atoms with van der Waals surface area (Å²) in [5, 5.41) is 2.91. The van der Waals surface area contributed by atoms with Crippen LogP contribution in [0.2, 0.25) is 5.02 Å². The normalized spacial score (nSPS) is 19.2. The van der Waals surface area contributed by atoms with Crippen molar-refractivity contribution in [2.24, 2.45) is 0 Å². The summed E-state index contributed by atoms with van der Waals surface area (Å²) < 4.78 is 10.7. The lowest BCUT2D eigenvalue weighted by atomic mass is 10.1. The van der Waals surface area contributed by atoms with E-state index in [9.17, 15) is 0 Å². The van der Waals surface area contributed by atoms with Crippen molar-refractivity contribution in [1.82, 2.24) is 10.4 Å². The van der Waals surface area contributed by atoms with Gasteiger partial charge in [-0.2, -0.15) is 0 Å². The lowest BCUT2D eigenvalue weighted by Gasteiger charge is -2.27. The molecule has 1 N–H and O–H groups in total. The third-order valence-electron chi connectivity index (χ3n) is 3.35. The fourth-order valence-corrected chi connectivity index (χ4v) is 2.67. The van der Waals surface area contributed by atoms with E-state index in [0.29, 0.717) is 10.8 Å². The summed E-state index contributed by atoms with van der Waals surface area (Å²) in [4.78, 5) is 0. The Morgan fingerprint density at radius 2 is 2.00 bits per heavy atom. The predicted molar refractivity (Wildman–Crippen MR) is 69.8 cm³/mol. The highest BCUT2D eigenvalue weighted by Crippen LogP contribution is 2.39. The van der Waals surface area contributed by atoms with Crippen LogP contribution < -0.4 is 14.9 Å². The van der Waals surface area contributed by atoms with Gasteiger partial charge in [0, 0.05) is 19.6 Å². The van der Waals surface area contributed by atoms with Gasteiger partial charge >= 0.3 is 0 Å². The van der Waals surface area contributed by atoms with Gasteiger partial charge in [-0.25, -0.2) is 5.01 Å². The maximum atomic E-state index is 6.15. The Bertz CT molecular complexity index is 433. The summed E-state index contributed by atoms with van der Waals surface area (Å²) in [6, 6.07) is 3.93. The molecular weight excluding hydrogens is 252 g/mol. The number of nitrogens with zero attached hydrogens (tertiary/aromatic N) is 1. The molecule has 2 aliphatic heterocycles. The molecule has 0 saturated carbocycles. The molecule has 0 spiro atoms. The molecule has 4 nitrogen and oxygen atoms in total. The van der Waals surface area contributed by atoms with Crippen LogP contribution in [0.3, 0.4) is 0 Å². The maximum Gasteiger partial charge on any atom is 0.231 e. The Morgan fingerprint density at radius 3 is 2.83 bits per heavy atom. The van der Waals surface area contributed by atoms with Crippen LogP contribution in [0.5, 0.6) is 11.5 Å². The molecule has 0 bridgehead atoms. The average Bonchev–Trinajstić information content (AvgIpc) is 2.86. The first-order chi connectivity index (χ1) is 8.83. The molecule has 1 fully saturated rings. The zero-order valence-corrected chi connectivity index (χ0v) is 11.0. The van der Waals surface area contributed by atoms with Crippen molar-refractivity contribution in [3.05, 3.63) is 22.7 Å². The molecule has 1 saturated heterocycles. The lowest BCUT2D eigenvalue weighted by molar-refractivity contribution is 0.151. The van der Waals surface area contributed by atoms with Gasteiger partial charge in [0.2, 0.25) is 6.79 Å². The lowest BCUT2D eigenvalue weighted by Crippen LogP contribution is -2.41. The SMILES string of the molecule is Clc1cc(CNN2CCCCC2)cc2c1OCO2. The highest BCUT2D eigenvalue weighted by Gasteiger charge is 2.18. The third kappa shape index (κ3) is 2.55. The Balaban J connectivity index is 1.64. The second kappa shape index (κ2) is 5.34. The van der Waals surface area contributed by atoms with E-state index in [1.54, 1.807) is 0 Å². The number of ether oxygens (including phenoxy) is 2. The van der Waals surface area contributed by atoms with Gasteiger partial charge in [0.25, 0.3) is 0 Å². The molecule has 3 rings (SSSR count). The first-order valence-corrected chi connectivity index (χ1v) is 6.77. The van der Waals surface area contributed by atoms with Gasteiger partial charge < -0.3 is 9.47 Å². The molecule has 0 atom stereocenters. The highest BCUT2D eigenvalue weighted by atomic mass is 35.5. The largest absolute Gasteiger partial charge is 0.454 e. The van der Waals surface area contributed by atoms with Crippen LogP contribution in [-0.2, 0) is 6.54 Å². The van der Waals surface area contributed by atoms with Crippen molar-refractivity contribution >= 4 is 11.6 Å². The van der Waals surface area contributed by atoms with Gasteiger partial charge in [0.1, 0.15) is 0 Å². The van der Waals surface area contributed by atoms with E-state index in [0.717, 1.165) is 30.9 Å². The second-order valence-corrected chi connectivity index (χ2v) is 5.10. The van der Waals surface area contributed by atoms with Gasteiger partial charge in [0.15, 0.2) is 11.5 Å². The molecule has 0 unspecified atom stereocenters. The van der Waals surface area contributed by atoms with Crippen molar-refractivity contribution < 1.29 is 9.47 Å². The molecule has 0 amide bonds. The van der Waals surface area contributed by atoms with Gasteiger partial charge in [-0.3, -0.25) is 5.43 Å². The number of rotatable bonds is 3. The highest BCUT2D eigenvalue weighted by molar-refractivity contribution is 6.32. The van der Waals surface area contributed by atoms with Gasteiger partial charge in [0.05, 0.1) is 5.02 Å². The van der Waals surface area contributed by atoms with E-state index in [1.165, 1.54) is 19.3 Å². The van der Waals surface area contributed by atoms with E-state index in [2.05, 4.69) is 10.4 Å². The van der Waals surface area contributed by atoms with Crippen LogP contribution in [0.25, 0.3) is 0 Å². The van der Waals surface area contributed by atoms with E-state index in [-0.39, 0.29) is 6.79 Å². The zero-order valence-electron chi connectivity index (χ0n) is 10.2. The Morgan fingerprint density at radius 1 is 1.17 bits per heavy atom. The number of halogens is 1. The maximum absolute atomic E-state index is 6.15. The van der Waals surface area contributed by atoms with Crippen LogP contribution in [0.4, 0.5) is 0 Å². The number of hydrogen-bond donors (Lipinski definition) is 1. The Kier molecular flexibility index (Phi) is 3.59. The smallest absolute Gasteiger partial charge is 0.231 e. The molecule has 0 aliphatic carbocycles. The molecule has 98 valence electrons. The number of hydrogen-bond acceptors (Lipinski definition) is 4. The van der Waals surface area contributed by atoms with Crippen molar-refractivity contribution in [2.45, 2.75) is 25.8 Å². The van der Waals surface area contributed by atoms with Crippen LogP contribution in [0.1, 0.15) is 24.8 Å². The molecule has 2 aliphatic rings. The number of nitrogens with one attached hydrogen (secondary N) is 1. The first-order valence-electron chi connectivity index (χ1n) is 6.39. The number of piperidine rings is 1. The minimum atomic E-state index is 0.262. The first kappa shape index (κ1) is 12.1. The zero-order chi connectivity index (χ0) is 12.4. The molecule has 2 heterocycles. The standard InChI is InChI=1S/C13H17ClN2O2/c14-11-6-10(7-12-13(11)18-9-17-12)8-15-16-4-2-1-3-5-16/h6-7,15H,1-5,8-9H2. The molecule has 0 radical (unpaired) electrons. The van der Waals surface area contributed by atoms with Gasteiger partial charge in [-0.15, -0.1) is 0 Å². The second-order valence-electron chi connectivity index (χ2n) is 4.69. The minimum Gasteiger partial charge on any atom is -0.454 e. The fourth-order valence-electron chi connectivity index (χ4n) is 2.38. The molecule has 18 heavy (non-hydrogen) atoms. The van der Waals surface area contributed by atoms with Gasteiger partial charge in [-0.1, -0.05) is 18.0 Å². The molecule has 1 aromatic carbocycles. The summed E-state index contributed by atoms with van der Waals surface area (Å²) in [5.74, 6) is 1.41. The number of fused-ring (bicyclic) bond motifs is 1. The van der Waals surface area contributed by atoms with Crippen LogP contribution >= 0.6 is 11.6 Å². The number of hydrazine groups is 1. The molecule has 5 heteroatoms. The van der Waals surface area contributed by atoms with Crippen molar-refractivity contribution in [3.63, 3.8) is 0 Å². The van der Waals surface area contributed by atoms with E-state index >= 15 is 0 Å². The molecule has 0 aromatic heterocycles. The fraction of sp³-hybridized carbons (Fsp3) is 0.538. The molecular formula is C13H17ClN2O2. The van der Waals surface area contributed by atoms with Crippen molar-refractivity contribution in [2.75, 3.05) is 19.9 Å². The Hall–Kier alpha value is -0.970. The average molecular weight is 269 g/mol. The summed E-state index contributed by atoms with van der Waals surface area (Å²) in [7, 11) is 0. The minimum absolute atomic E-state index is 0.262. The topological polar surface area (TPSA) is 33.7 Å². The Labute approximate surface area is 112 Å². The van der Waals surface area contributed by atoms with Crippen LogP contribution in [0.15, 0.2) is 12.1 Å². The van der Waals surface area contributed by atoms with Crippen molar-refractivity contribution in [1.29, 1.82) is 0 Å². The van der Waals surface area contributed by atoms with Crippen LogP contribution in [0, 0.1) is 0 Å². The van der Waals surface area contributed by atoms with E-state index in [4.69, 9.17) is 21.1 Å². The van der Waals surface area contributed by atoms with Gasteiger partial charge in [-0.05, 0) is 30.5 Å². The summed E-state index contributed by atoms with van der Waals surface area (Å²) in [6.45, 7) is 3.28. The van der Waals surface area contributed by atoms with Crippen LogP contribution in [-0.4, -0.2) is 24.9 Å². The summed E-state index contributed by atoms with van der Waals surface area (Å²) in [5.41, 5.74) is 4.55. The summed E-state index contributed by atoms with van der Waals surface area (Å²) >= 11 is 6.15. The monoisotopic (exact) mass is 268 g/mol. The van der Waals surface area contributed by atoms with Crippen molar-refractivity contribution in [3.8, 4) is 11.5 Å².